The smallest absolute Gasteiger partial charge is 0.255 e. The fourth-order valence-electron chi connectivity index (χ4n) is 2.82. The van der Waals surface area contributed by atoms with Crippen molar-refractivity contribution in [2.75, 3.05) is 0 Å². The Bertz CT molecular complexity index is 462. The molecule has 1 aromatic heterocycles. The zero-order valence-corrected chi connectivity index (χ0v) is 11.4. The molecule has 18 heavy (non-hydrogen) atoms. The summed E-state index contributed by atoms with van der Waals surface area (Å²) in [5, 5.41) is 0. The number of aromatic nitrogens is 1. The fraction of sp³-hybridized carbons (Fsp3) is 0.667. The first-order valence-corrected chi connectivity index (χ1v) is 7.22. The van der Waals surface area contributed by atoms with Crippen molar-refractivity contribution in [3.63, 3.8) is 0 Å². The maximum absolute atomic E-state index is 12.4. The zero-order chi connectivity index (χ0) is 13.0. The van der Waals surface area contributed by atoms with Gasteiger partial charge in [0.15, 0.2) is 0 Å². The molecule has 0 aromatic carbocycles. The van der Waals surface area contributed by atoms with Gasteiger partial charge in [-0.15, -0.1) is 0 Å². The number of aryl methyl sites for hydroxylation is 1. The summed E-state index contributed by atoms with van der Waals surface area (Å²) in [5.74, 6) is 0. The molecule has 1 aliphatic carbocycles. The van der Waals surface area contributed by atoms with Crippen molar-refractivity contribution in [2.45, 2.75) is 65.0 Å². The van der Waals surface area contributed by atoms with Crippen LogP contribution in [0.25, 0.3) is 0 Å². The van der Waals surface area contributed by atoms with Gasteiger partial charge in [0.1, 0.15) is 0 Å². The first kappa shape index (κ1) is 13.3. The predicted octanol–water partition coefficient (Wildman–Crippen LogP) is 2.38. The minimum absolute atomic E-state index is 0.145. The second kappa shape index (κ2) is 6.19. The first-order valence-electron chi connectivity index (χ1n) is 7.22. The SMILES string of the molecule is CCCCn1c2c(cc(CN)c1=O)CCCCC2. The number of unbranched alkanes of at least 4 members (excludes halogenated alkanes) is 1. The molecule has 100 valence electrons. The topological polar surface area (TPSA) is 48.0 Å². The number of hydrogen-bond acceptors (Lipinski definition) is 2. The molecule has 1 aliphatic rings. The Morgan fingerprint density at radius 3 is 2.78 bits per heavy atom. The van der Waals surface area contributed by atoms with E-state index in [2.05, 4.69) is 13.0 Å². The summed E-state index contributed by atoms with van der Waals surface area (Å²) in [6, 6.07) is 2.06. The van der Waals surface area contributed by atoms with Gasteiger partial charge >= 0.3 is 0 Å². The molecule has 0 unspecified atom stereocenters. The molecule has 0 aliphatic heterocycles. The van der Waals surface area contributed by atoms with Crippen LogP contribution in [0.5, 0.6) is 0 Å². The van der Waals surface area contributed by atoms with Crippen LogP contribution in [0.4, 0.5) is 0 Å². The molecule has 0 spiro atoms. The molecule has 3 nitrogen and oxygen atoms in total. The van der Waals surface area contributed by atoms with E-state index in [9.17, 15) is 4.79 Å². The van der Waals surface area contributed by atoms with E-state index in [4.69, 9.17) is 5.73 Å². The monoisotopic (exact) mass is 248 g/mol. The Morgan fingerprint density at radius 1 is 1.28 bits per heavy atom. The van der Waals surface area contributed by atoms with Crippen LogP contribution in [0.2, 0.25) is 0 Å². The third-order valence-corrected chi connectivity index (χ3v) is 3.88. The number of nitrogens with two attached hydrogens (primary N) is 1. The number of nitrogens with zero attached hydrogens (tertiary/aromatic N) is 1. The Morgan fingerprint density at radius 2 is 2.06 bits per heavy atom. The summed E-state index contributed by atoms with van der Waals surface area (Å²) in [4.78, 5) is 12.4. The molecule has 1 aromatic rings. The summed E-state index contributed by atoms with van der Waals surface area (Å²) in [6.45, 7) is 3.38. The van der Waals surface area contributed by atoms with Gasteiger partial charge in [0.25, 0.3) is 5.56 Å². The molecular weight excluding hydrogens is 224 g/mol. The summed E-state index contributed by atoms with van der Waals surface area (Å²) in [7, 11) is 0. The van der Waals surface area contributed by atoms with E-state index in [-0.39, 0.29) is 5.56 Å². The number of pyridine rings is 1. The van der Waals surface area contributed by atoms with E-state index in [1.807, 2.05) is 4.57 Å². The lowest BCUT2D eigenvalue weighted by Gasteiger charge is -2.17. The lowest BCUT2D eigenvalue weighted by atomic mass is 10.0. The molecule has 0 saturated heterocycles. The van der Waals surface area contributed by atoms with Crippen LogP contribution in [0.1, 0.15) is 55.8 Å². The highest BCUT2D eigenvalue weighted by atomic mass is 16.1. The lowest BCUT2D eigenvalue weighted by Crippen LogP contribution is -2.29. The Kier molecular flexibility index (Phi) is 4.59. The zero-order valence-electron chi connectivity index (χ0n) is 11.4. The third-order valence-electron chi connectivity index (χ3n) is 3.88. The molecule has 2 N–H and O–H groups in total. The van der Waals surface area contributed by atoms with E-state index in [0.29, 0.717) is 6.54 Å². The van der Waals surface area contributed by atoms with Gasteiger partial charge in [0.05, 0.1) is 0 Å². The summed E-state index contributed by atoms with van der Waals surface area (Å²) >= 11 is 0. The van der Waals surface area contributed by atoms with Gasteiger partial charge in [-0.3, -0.25) is 4.79 Å². The van der Waals surface area contributed by atoms with E-state index in [1.165, 1.54) is 30.5 Å². The fourth-order valence-corrected chi connectivity index (χ4v) is 2.82. The van der Waals surface area contributed by atoms with Crippen molar-refractivity contribution < 1.29 is 0 Å². The van der Waals surface area contributed by atoms with Crippen molar-refractivity contribution in [1.29, 1.82) is 0 Å². The van der Waals surface area contributed by atoms with E-state index in [0.717, 1.165) is 37.8 Å². The van der Waals surface area contributed by atoms with Crippen LogP contribution < -0.4 is 11.3 Å². The van der Waals surface area contributed by atoms with Gasteiger partial charge in [-0.2, -0.15) is 0 Å². The normalized spacial score (nSPS) is 15.2. The van der Waals surface area contributed by atoms with Gasteiger partial charge in [0.2, 0.25) is 0 Å². The van der Waals surface area contributed by atoms with E-state index >= 15 is 0 Å². The highest BCUT2D eigenvalue weighted by molar-refractivity contribution is 5.28. The maximum atomic E-state index is 12.4. The van der Waals surface area contributed by atoms with Gasteiger partial charge in [-0.25, -0.2) is 0 Å². The Balaban J connectivity index is 2.48. The van der Waals surface area contributed by atoms with Crippen LogP contribution in [-0.4, -0.2) is 4.57 Å². The van der Waals surface area contributed by atoms with Crippen LogP contribution in [-0.2, 0) is 25.9 Å². The molecule has 0 atom stereocenters. The average Bonchev–Trinajstić information content (AvgIpc) is 2.62. The average molecular weight is 248 g/mol. The maximum Gasteiger partial charge on any atom is 0.255 e. The summed E-state index contributed by atoms with van der Waals surface area (Å²) < 4.78 is 2.01. The molecule has 1 heterocycles. The third kappa shape index (κ3) is 2.66. The standard InChI is InChI=1S/C15H24N2O/c1-2-3-9-17-14-8-6-4-5-7-12(14)10-13(11-16)15(17)18/h10H,2-9,11,16H2,1H3. The van der Waals surface area contributed by atoms with Crippen molar-refractivity contribution in [3.8, 4) is 0 Å². The second-order valence-corrected chi connectivity index (χ2v) is 5.22. The quantitative estimate of drug-likeness (QED) is 0.832. The Hall–Kier alpha value is -1.09. The highest BCUT2D eigenvalue weighted by Crippen LogP contribution is 2.20. The molecule has 0 radical (unpaired) electrons. The molecule has 3 heteroatoms. The van der Waals surface area contributed by atoms with Crippen molar-refractivity contribution in [2.24, 2.45) is 5.73 Å². The number of rotatable bonds is 4. The molecular formula is C15H24N2O. The van der Waals surface area contributed by atoms with E-state index in [1.54, 1.807) is 0 Å². The van der Waals surface area contributed by atoms with Crippen LogP contribution in [0.15, 0.2) is 10.9 Å². The van der Waals surface area contributed by atoms with Gasteiger partial charge in [-0.1, -0.05) is 19.8 Å². The van der Waals surface area contributed by atoms with Crippen molar-refractivity contribution >= 4 is 0 Å². The number of hydrogen-bond donors (Lipinski definition) is 1. The minimum atomic E-state index is 0.145. The summed E-state index contributed by atoms with van der Waals surface area (Å²) in [6.07, 6.45) is 8.07. The Labute approximate surface area is 109 Å². The van der Waals surface area contributed by atoms with Crippen LogP contribution in [0, 0.1) is 0 Å². The lowest BCUT2D eigenvalue weighted by molar-refractivity contribution is 0.573. The largest absolute Gasteiger partial charge is 0.326 e. The van der Waals surface area contributed by atoms with Gasteiger partial charge in [-0.05, 0) is 43.7 Å². The van der Waals surface area contributed by atoms with Crippen molar-refractivity contribution in [1.82, 2.24) is 4.57 Å². The second-order valence-electron chi connectivity index (χ2n) is 5.22. The molecule has 0 fully saturated rings. The summed E-state index contributed by atoms with van der Waals surface area (Å²) in [5.41, 5.74) is 9.28. The van der Waals surface area contributed by atoms with Crippen LogP contribution >= 0.6 is 0 Å². The highest BCUT2D eigenvalue weighted by Gasteiger charge is 2.15. The van der Waals surface area contributed by atoms with Crippen molar-refractivity contribution in [3.05, 3.63) is 33.2 Å². The molecule has 0 amide bonds. The van der Waals surface area contributed by atoms with Gasteiger partial charge in [0, 0.05) is 24.3 Å². The number of fused-ring (bicyclic) bond motifs is 1. The molecule has 0 saturated carbocycles. The van der Waals surface area contributed by atoms with Gasteiger partial charge < -0.3 is 10.3 Å². The van der Waals surface area contributed by atoms with Crippen LogP contribution in [0.3, 0.4) is 0 Å². The minimum Gasteiger partial charge on any atom is -0.326 e. The predicted molar refractivity (Wildman–Crippen MR) is 74.8 cm³/mol. The first-order chi connectivity index (χ1) is 8.77. The van der Waals surface area contributed by atoms with E-state index < -0.39 is 0 Å². The molecule has 2 rings (SSSR count). The molecule has 0 bridgehead atoms.